The Morgan fingerprint density at radius 2 is 2.04 bits per heavy atom. The van der Waals surface area contributed by atoms with Gasteiger partial charge in [0.1, 0.15) is 0 Å². The van der Waals surface area contributed by atoms with E-state index in [0.717, 1.165) is 29.8 Å². The van der Waals surface area contributed by atoms with Crippen LogP contribution in [0.3, 0.4) is 0 Å². The maximum Gasteiger partial charge on any atom is 0.264 e. The number of benzene rings is 1. The number of nitrogens with zero attached hydrogens (tertiary/aromatic N) is 1. The Labute approximate surface area is 164 Å². The molecule has 2 aromatic rings. The Morgan fingerprint density at radius 3 is 2.71 bits per heavy atom. The summed E-state index contributed by atoms with van der Waals surface area (Å²) in [7, 11) is -2.43. The number of hydrogen-bond donors (Lipinski definition) is 2. The molecule has 28 heavy (non-hydrogen) atoms. The van der Waals surface area contributed by atoms with Crippen molar-refractivity contribution in [2.45, 2.75) is 42.9 Å². The molecule has 0 atom stereocenters. The molecule has 4 rings (SSSR count). The highest BCUT2D eigenvalue weighted by Gasteiger charge is 2.53. The van der Waals surface area contributed by atoms with E-state index >= 15 is 0 Å². The fraction of sp³-hybridized carbons (Fsp3) is 0.400. The molecular formula is C20H23N3O4S. The average molecular weight is 401 g/mol. The van der Waals surface area contributed by atoms with Crippen LogP contribution in [-0.2, 0) is 26.7 Å². The normalized spacial score (nSPS) is 17.2. The fourth-order valence-electron chi connectivity index (χ4n) is 3.91. The fourth-order valence-corrected chi connectivity index (χ4v) is 5.25. The Balaban J connectivity index is 1.63. The smallest absolute Gasteiger partial charge is 0.264 e. The van der Waals surface area contributed by atoms with E-state index in [2.05, 4.69) is 15.0 Å². The van der Waals surface area contributed by atoms with E-state index in [1.807, 2.05) is 6.07 Å². The SMILES string of the molecule is COc1ccc(C2(C(=O)NS(=O)(=O)c3cccc4c3CCCN4)CC2)c(C)n1. The lowest BCUT2D eigenvalue weighted by Gasteiger charge is -2.22. The van der Waals surface area contributed by atoms with Crippen molar-refractivity contribution >= 4 is 21.6 Å². The van der Waals surface area contributed by atoms with E-state index in [1.165, 1.54) is 7.11 Å². The van der Waals surface area contributed by atoms with Crippen molar-refractivity contribution in [1.82, 2.24) is 9.71 Å². The van der Waals surface area contributed by atoms with Gasteiger partial charge in [0.25, 0.3) is 10.0 Å². The van der Waals surface area contributed by atoms with Crippen molar-refractivity contribution < 1.29 is 17.9 Å². The molecule has 2 heterocycles. The second-order valence-corrected chi connectivity index (χ2v) is 8.97. The molecule has 0 saturated heterocycles. The lowest BCUT2D eigenvalue weighted by molar-refractivity contribution is -0.121. The Hall–Kier alpha value is -2.61. The summed E-state index contributed by atoms with van der Waals surface area (Å²) in [6.45, 7) is 2.62. The summed E-state index contributed by atoms with van der Waals surface area (Å²) in [5.41, 5.74) is 2.13. The molecule has 0 radical (unpaired) electrons. The number of fused-ring (bicyclic) bond motifs is 1. The maximum atomic E-state index is 13.0. The van der Waals surface area contributed by atoms with Crippen molar-refractivity contribution in [3.63, 3.8) is 0 Å². The van der Waals surface area contributed by atoms with Gasteiger partial charge in [-0.05, 0) is 55.9 Å². The van der Waals surface area contributed by atoms with Gasteiger partial charge in [0.05, 0.1) is 17.4 Å². The summed E-state index contributed by atoms with van der Waals surface area (Å²) in [4.78, 5) is 17.5. The number of carbonyl (C=O) groups is 1. The Morgan fingerprint density at radius 1 is 1.25 bits per heavy atom. The molecule has 0 spiro atoms. The molecule has 1 aromatic carbocycles. The van der Waals surface area contributed by atoms with Crippen molar-refractivity contribution in [3.05, 3.63) is 47.2 Å². The summed E-state index contributed by atoms with van der Waals surface area (Å²) < 4.78 is 33.5. The van der Waals surface area contributed by atoms with Crippen LogP contribution in [0.5, 0.6) is 5.88 Å². The topological polar surface area (TPSA) is 97.4 Å². The molecule has 1 aromatic heterocycles. The van der Waals surface area contributed by atoms with Crippen molar-refractivity contribution in [3.8, 4) is 5.88 Å². The molecule has 148 valence electrons. The Bertz CT molecular complexity index is 1050. The monoisotopic (exact) mass is 401 g/mol. The number of anilines is 1. The van der Waals surface area contributed by atoms with Gasteiger partial charge in [-0.1, -0.05) is 12.1 Å². The van der Waals surface area contributed by atoms with Crippen LogP contribution in [-0.4, -0.2) is 33.0 Å². The van der Waals surface area contributed by atoms with Crippen LogP contribution in [0.25, 0.3) is 0 Å². The number of aryl methyl sites for hydroxylation is 1. The number of ether oxygens (including phenoxy) is 1. The van der Waals surface area contributed by atoms with Crippen LogP contribution < -0.4 is 14.8 Å². The number of hydrogen-bond acceptors (Lipinski definition) is 6. The quantitative estimate of drug-likeness (QED) is 0.798. The van der Waals surface area contributed by atoms with Crippen LogP contribution in [0.1, 0.15) is 36.1 Å². The van der Waals surface area contributed by atoms with Crippen LogP contribution in [0.2, 0.25) is 0 Å². The molecule has 1 aliphatic heterocycles. The molecule has 0 unspecified atom stereocenters. The molecule has 2 aliphatic rings. The van der Waals surface area contributed by atoms with Crippen molar-refractivity contribution in [2.24, 2.45) is 0 Å². The minimum atomic E-state index is -3.96. The number of pyridine rings is 1. The van der Waals surface area contributed by atoms with Gasteiger partial charge in [-0.3, -0.25) is 4.79 Å². The van der Waals surface area contributed by atoms with Gasteiger partial charge in [-0.15, -0.1) is 0 Å². The molecular weight excluding hydrogens is 378 g/mol. The van der Waals surface area contributed by atoms with Gasteiger partial charge in [0.15, 0.2) is 0 Å². The van der Waals surface area contributed by atoms with Gasteiger partial charge >= 0.3 is 0 Å². The molecule has 7 nitrogen and oxygen atoms in total. The number of aromatic nitrogens is 1. The third kappa shape index (κ3) is 3.11. The number of nitrogens with one attached hydrogen (secondary N) is 2. The summed E-state index contributed by atoms with van der Waals surface area (Å²) in [5, 5.41) is 3.22. The zero-order chi connectivity index (χ0) is 19.9. The highest BCUT2D eigenvalue weighted by atomic mass is 32.2. The van der Waals surface area contributed by atoms with Crippen molar-refractivity contribution in [1.29, 1.82) is 0 Å². The predicted molar refractivity (Wildman–Crippen MR) is 105 cm³/mol. The number of carbonyl (C=O) groups excluding carboxylic acids is 1. The van der Waals surface area contributed by atoms with Gasteiger partial charge in [0, 0.05) is 24.0 Å². The van der Waals surface area contributed by atoms with Crippen molar-refractivity contribution in [2.75, 3.05) is 19.0 Å². The second-order valence-electron chi connectivity index (χ2n) is 7.32. The molecule has 1 amide bonds. The van der Waals surface area contributed by atoms with Gasteiger partial charge in [-0.25, -0.2) is 18.1 Å². The average Bonchev–Trinajstić information content (AvgIpc) is 3.49. The number of methoxy groups -OCH3 is 1. The van der Waals surface area contributed by atoms with Crippen LogP contribution in [0.4, 0.5) is 5.69 Å². The van der Waals surface area contributed by atoms with Gasteiger partial charge in [-0.2, -0.15) is 0 Å². The molecule has 1 saturated carbocycles. The standard InChI is InChI=1S/C20H23N3O4S/c1-13-15(8-9-18(22-13)27-2)20(10-11-20)19(24)23-28(25,26)17-7-3-6-16-14(17)5-4-12-21-16/h3,6-9,21H,4-5,10-12H2,1-2H3,(H,23,24). The number of sulfonamides is 1. The summed E-state index contributed by atoms with van der Waals surface area (Å²) in [6, 6.07) is 8.62. The first-order valence-corrected chi connectivity index (χ1v) is 10.8. The molecule has 1 aliphatic carbocycles. The first kappa shape index (κ1) is 18.7. The maximum absolute atomic E-state index is 13.0. The Kier molecular flexibility index (Phi) is 4.53. The lowest BCUT2D eigenvalue weighted by Crippen LogP contribution is -2.39. The summed E-state index contributed by atoms with van der Waals surface area (Å²) in [5.74, 6) is -0.0302. The van der Waals surface area contributed by atoms with E-state index < -0.39 is 21.3 Å². The van der Waals surface area contributed by atoms with E-state index in [1.54, 1.807) is 31.2 Å². The van der Waals surface area contributed by atoms with E-state index in [9.17, 15) is 13.2 Å². The molecule has 2 N–H and O–H groups in total. The minimum Gasteiger partial charge on any atom is -0.481 e. The third-order valence-electron chi connectivity index (χ3n) is 5.54. The van der Waals surface area contributed by atoms with Crippen LogP contribution in [0.15, 0.2) is 35.2 Å². The predicted octanol–water partition coefficient (Wildman–Crippen LogP) is 2.29. The zero-order valence-electron chi connectivity index (χ0n) is 15.9. The van der Waals surface area contributed by atoms with Crippen LogP contribution >= 0.6 is 0 Å². The van der Waals surface area contributed by atoms with Crippen LogP contribution in [0, 0.1) is 6.92 Å². The van der Waals surface area contributed by atoms with E-state index in [4.69, 9.17) is 4.74 Å². The van der Waals surface area contributed by atoms with Gasteiger partial charge in [0.2, 0.25) is 11.8 Å². The molecule has 0 bridgehead atoms. The third-order valence-corrected chi connectivity index (χ3v) is 6.95. The van der Waals surface area contributed by atoms with E-state index in [0.29, 0.717) is 30.8 Å². The lowest BCUT2D eigenvalue weighted by atomic mass is 9.94. The highest BCUT2D eigenvalue weighted by molar-refractivity contribution is 7.90. The van der Waals surface area contributed by atoms with E-state index in [-0.39, 0.29) is 4.90 Å². The molecule has 1 fully saturated rings. The second kappa shape index (κ2) is 6.77. The number of amides is 1. The first-order valence-electron chi connectivity index (χ1n) is 9.32. The largest absolute Gasteiger partial charge is 0.481 e. The first-order chi connectivity index (χ1) is 13.4. The zero-order valence-corrected chi connectivity index (χ0v) is 16.7. The molecule has 8 heteroatoms. The summed E-state index contributed by atoms with van der Waals surface area (Å²) >= 11 is 0. The van der Waals surface area contributed by atoms with Gasteiger partial charge < -0.3 is 10.1 Å². The number of rotatable bonds is 5. The summed E-state index contributed by atoms with van der Waals surface area (Å²) in [6.07, 6.45) is 2.71. The highest BCUT2D eigenvalue weighted by Crippen LogP contribution is 2.49. The minimum absolute atomic E-state index is 0.172.